The fraction of sp³-hybridized carbons (Fsp3) is 0.320. The predicted molar refractivity (Wildman–Crippen MR) is 158 cm³/mol. The number of nitrogens with one attached hydrogen (secondary N) is 1. The second kappa shape index (κ2) is 14.4. The number of carboxylic acids is 2. The maximum atomic E-state index is 13.1. The number of hydrogen-bond donors (Lipinski definition) is 4. The number of aromatic nitrogens is 3. The first-order chi connectivity index (χ1) is 21.8. The number of fused-ring (bicyclic) bond motifs is 2. The molecule has 0 spiro atoms. The second-order valence-electron chi connectivity index (χ2n) is 9.25. The lowest BCUT2D eigenvalue weighted by Crippen LogP contribution is -2.71. The Morgan fingerprint density at radius 3 is 2.65 bits per heavy atom. The van der Waals surface area contributed by atoms with Crippen molar-refractivity contribution < 1.29 is 52.0 Å². The van der Waals surface area contributed by atoms with Crippen LogP contribution in [0, 0.1) is 0 Å². The van der Waals surface area contributed by atoms with Crippen LogP contribution in [-0.2, 0) is 30.6 Å². The van der Waals surface area contributed by atoms with Crippen LogP contribution in [0.1, 0.15) is 5.69 Å². The molecular formula is C25H25F3N8O7S3. The van der Waals surface area contributed by atoms with Gasteiger partial charge in [-0.1, -0.05) is 16.9 Å². The number of carbonyl (C=O) groups is 4. The number of hydrogen-bond acceptors (Lipinski definition) is 13. The molecule has 0 bridgehead atoms. The van der Waals surface area contributed by atoms with Gasteiger partial charge in [-0.05, 0) is 12.1 Å². The first-order valence-electron chi connectivity index (χ1n) is 12.9. The highest BCUT2D eigenvalue weighted by Crippen LogP contribution is 2.40. The lowest BCUT2D eigenvalue weighted by molar-refractivity contribution is -0.662. The number of β-lactam (4-membered cyclic amide) rings is 1. The van der Waals surface area contributed by atoms with Crippen molar-refractivity contribution in [2.24, 2.45) is 10.9 Å². The summed E-state index contributed by atoms with van der Waals surface area (Å²) in [4.78, 5) is 57.3. The predicted octanol–water partition coefficient (Wildman–Crippen LogP) is -0.596. The topological polar surface area (TPSA) is 222 Å². The van der Waals surface area contributed by atoms with E-state index < -0.39 is 41.3 Å². The van der Waals surface area contributed by atoms with E-state index in [1.54, 1.807) is 17.1 Å². The number of carbonyl (C=O) groups excluding carboxylic acids is 3. The molecule has 5 heterocycles. The number of amides is 2. The van der Waals surface area contributed by atoms with Gasteiger partial charge in [-0.15, -0.1) is 23.1 Å². The lowest BCUT2D eigenvalue weighted by Gasteiger charge is -2.49. The number of nitrogen functional groups attached to an aromatic ring is 1. The average Bonchev–Trinajstić information content (AvgIpc) is 3.63. The molecule has 21 heteroatoms. The molecule has 0 radical (unpaired) electrons. The molecule has 1 fully saturated rings. The molecule has 5 rings (SSSR count). The molecule has 2 aliphatic rings. The van der Waals surface area contributed by atoms with Crippen molar-refractivity contribution in [2.75, 3.05) is 30.9 Å². The Morgan fingerprint density at radius 2 is 2.07 bits per heavy atom. The van der Waals surface area contributed by atoms with Crippen molar-refractivity contribution >= 4 is 75.1 Å². The minimum atomic E-state index is -5.19. The standard InChI is InChI=1S/C23H24N8O5S3.C2HF3O2/c1-36-28-16(13-11-39-23(25)26-13)19(32)27-17-20(33)31-18(22(34)35)12(10-38-21(17)31)9-29-6-7-30-14(29)3-2-4-15(30)37-8-5-24;3-2(4,5)1(6)7/h2-4,6-7,11,17,21H,5,8-10,24H2,1H3,(H3-,25,26,27,32,34,35);(H,6,7)/b28-16-;/t17-,21+;/m1./s1. The number of imidazole rings is 1. The summed E-state index contributed by atoms with van der Waals surface area (Å²) >= 11 is 4.16. The lowest BCUT2D eigenvalue weighted by atomic mass is 10.0. The van der Waals surface area contributed by atoms with Crippen LogP contribution in [0.3, 0.4) is 0 Å². The number of anilines is 1. The van der Waals surface area contributed by atoms with E-state index in [9.17, 15) is 32.7 Å². The van der Waals surface area contributed by atoms with Gasteiger partial charge in [0.2, 0.25) is 0 Å². The van der Waals surface area contributed by atoms with Crippen molar-refractivity contribution in [3.05, 3.63) is 52.9 Å². The summed E-state index contributed by atoms with van der Waals surface area (Å²) in [5, 5.41) is 27.5. The smallest absolute Gasteiger partial charge is 0.430 e. The zero-order valence-electron chi connectivity index (χ0n) is 23.6. The van der Waals surface area contributed by atoms with E-state index in [4.69, 9.17) is 26.2 Å². The van der Waals surface area contributed by atoms with Gasteiger partial charge in [0.25, 0.3) is 17.5 Å². The maximum absolute atomic E-state index is 13.1. The first kappa shape index (κ1) is 34.5. The fourth-order valence-corrected chi connectivity index (χ4v) is 7.10. The van der Waals surface area contributed by atoms with Gasteiger partial charge in [-0.3, -0.25) is 14.5 Å². The Kier molecular flexibility index (Phi) is 10.8. The van der Waals surface area contributed by atoms with Crippen molar-refractivity contribution in [1.82, 2.24) is 19.6 Å². The Hall–Kier alpha value is -4.34. The molecule has 15 nitrogen and oxygen atoms in total. The number of nitrogens with two attached hydrogens (primary N) is 2. The number of pyridine rings is 1. The number of nitrogens with zero attached hydrogens (tertiary/aromatic N) is 5. The molecule has 1 saturated heterocycles. The van der Waals surface area contributed by atoms with Crippen LogP contribution < -0.4 is 26.5 Å². The monoisotopic (exact) mass is 702 g/mol. The van der Waals surface area contributed by atoms with E-state index in [1.165, 1.54) is 23.8 Å². The zero-order chi connectivity index (χ0) is 33.8. The molecule has 6 N–H and O–H groups in total. The Morgan fingerprint density at radius 1 is 1.35 bits per heavy atom. The average molecular weight is 703 g/mol. The number of rotatable bonds is 10. The van der Waals surface area contributed by atoms with Crippen LogP contribution in [0.5, 0.6) is 0 Å². The molecule has 0 aromatic carbocycles. The summed E-state index contributed by atoms with van der Waals surface area (Å²) in [5.74, 6) is -4.25. The van der Waals surface area contributed by atoms with Crippen LogP contribution in [0.4, 0.5) is 18.3 Å². The van der Waals surface area contributed by atoms with E-state index in [2.05, 4.69) is 15.5 Å². The van der Waals surface area contributed by atoms with Crippen LogP contribution in [0.25, 0.3) is 5.65 Å². The highest BCUT2D eigenvalue weighted by molar-refractivity contribution is 8.00. The van der Waals surface area contributed by atoms with Crippen LogP contribution in [0.15, 0.2) is 57.4 Å². The Bertz CT molecular complexity index is 1730. The van der Waals surface area contributed by atoms with Gasteiger partial charge in [0.05, 0.1) is 0 Å². The van der Waals surface area contributed by atoms with Crippen molar-refractivity contribution in [3.8, 4) is 0 Å². The minimum absolute atomic E-state index is 0.0622. The molecule has 0 unspecified atom stereocenters. The highest BCUT2D eigenvalue weighted by Gasteiger charge is 2.54. The van der Waals surface area contributed by atoms with Gasteiger partial charge in [0.1, 0.15) is 54.8 Å². The van der Waals surface area contributed by atoms with Crippen molar-refractivity contribution in [1.29, 1.82) is 0 Å². The van der Waals surface area contributed by atoms with E-state index in [0.717, 1.165) is 27.8 Å². The molecule has 46 heavy (non-hydrogen) atoms. The van der Waals surface area contributed by atoms with Crippen LogP contribution in [0.2, 0.25) is 0 Å². The van der Waals surface area contributed by atoms with E-state index >= 15 is 0 Å². The number of thiazole rings is 1. The zero-order valence-corrected chi connectivity index (χ0v) is 26.0. The summed E-state index contributed by atoms with van der Waals surface area (Å²) in [5.41, 5.74) is 12.8. The number of thioether (sulfide) groups is 2. The van der Waals surface area contributed by atoms with Crippen LogP contribution >= 0.6 is 34.9 Å². The molecule has 2 amide bonds. The number of carboxylic acid groups (broad SMARTS) is 2. The van der Waals surface area contributed by atoms with Gasteiger partial charge in [-0.2, -0.15) is 17.6 Å². The van der Waals surface area contributed by atoms with Gasteiger partial charge >= 0.3 is 12.1 Å². The van der Waals surface area contributed by atoms with E-state index in [0.29, 0.717) is 24.4 Å². The quantitative estimate of drug-likeness (QED) is 0.0684. The van der Waals surface area contributed by atoms with Gasteiger partial charge < -0.3 is 36.6 Å². The summed E-state index contributed by atoms with van der Waals surface area (Å²) in [6.07, 6.45) is -1.39. The largest absolute Gasteiger partial charge is 0.542 e. The highest BCUT2D eigenvalue weighted by atomic mass is 32.2. The maximum Gasteiger partial charge on any atom is 0.430 e. The third kappa shape index (κ3) is 7.37. The summed E-state index contributed by atoms with van der Waals surface area (Å²) in [7, 11) is 1.29. The summed E-state index contributed by atoms with van der Waals surface area (Å²) in [6.45, 7) is 0.848. The molecule has 3 aromatic rings. The number of halogens is 3. The third-order valence-corrected chi connectivity index (χ3v) is 9.40. The van der Waals surface area contributed by atoms with Crippen molar-refractivity contribution in [2.45, 2.75) is 29.2 Å². The van der Waals surface area contributed by atoms with Gasteiger partial charge in [0, 0.05) is 35.1 Å². The Labute approximate surface area is 270 Å². The van der Waals surface area contributed by atoms with Crippen molar-refractivity contribution in [3.63, 3.8) is 0 Å². The minimum Gasteiger partial charge on any atom is -0.542 e. The van der Waals surface area contributed by atoms with E-state index in [1.807, 2.05) is 39.6 Å². The molecule has 246 valence electrons. The summed E-state index contributed by atoms with van der Waals surface area (Å²) in [6, 6.07) is 4.96. The molecule has 0 aliphatic carbocycles. The molecule has 3 aromatic heterocycles. The van der Waals surface area contributed by atoms with Gasteiger partial charge in [-0.25, -0.2) is 14.3 Å². The SMILES string of the molecule is CO/N=C(\C(=O)N[C@@H]1C(=O)N2C(C(=O)O)=C(C[n+]3ccn4c(SCCN)cccc43)CS[C@@H]12)c1csc(N)n1.O=C([O-])C(F)(F)F. The number of aliphatic carboxylic acids is 2. The number of oxime groups is 1. The first-order valence-corrected chi connectivity index (χ1v) is 15.8. The molecule has 0 saturated carbocycles. The van der Waals surface area contributed by atoms with Gasteiger partial charge in [0.15, 0.2) is 15.9 Å². The van der Waals surface area contributed by atoms with E-state index in [-0.39, 0.29) is 22.2 Å². The number of alkyl halides is 3. The van der Waals surface area contributed by atoms with Crippen LogP contribution in [-0.4, -0.2) is 91.6 Å². The molecular weight excluding hydrogens is 678 g/mol. The molecule has 2 aliphatic heterocycles. The summed E-state index contributed by atoms with van der Waals surface area (Å²) < 4.78 is 35.5. The Balaban J connectivity index is 0.000000617. The fourth-order valence-electron chi connectivity index (χ4n) is 4.42. The third-order valence-electron chi connectivity index (χ3n) is 6.32. The second-order valence-corrected chi connectivity index (χ2v) is 12.4. The normalized spacial score (nSPS) is 18.0. The molecule has 2 atom stereocenters.